The first-order valence-electron chi connectivity index (χ1n) is 16.0. The number of nitrogens with one attached hydrogen (secondary N) is 1. The van der Waals surface area contributed by atoms with Crippen LogP contribution in [-0.2, 0) is 25.7 Å². The number of hydrogen-bond acceptors (Lipinski definition) is 7. The highest BCUT2D eigenvalue weighted by Gasteiger charge is 2.55. The maximum Gasteiger partial charge on any atom is 0.266 e. The van der Waals surface area contributed by atoms with Gasteiger partial charge in [0.1, 0.15) is 23.9 Å². The Hall–Kier alpha value is -3.12. The molecule has 4 amide bonds. The Bertz CT molecular complexity index is 1350. The van der Waals surface area contributed by atoms with E-state index in [1.54, 1.807) is 18.2 Å². The standard InChI is InChI=1S/C32H40F2N4O6/c1-31(17-43-18-31)30(42)36-11-8-19(9-12-36)21-14-37(15-21)27-25(3-2-10-32(27,33)34)44-22-4-5-23-20(13-22)16-38(29(23)41)24-6-7-26(39)35-28(24)40/h4-5,13,19,21,24-25,27H,2-3,6-12,14-18H2,1H3,(H,35,39,40)/t24?,25-,27-/m1/s1. The van der Waals surface area contributed by atoms with Crippen LogP contribution in [0.25, 0.3) is 0 Å². The van der Waals surface area contributed by atoms with Crippen molar-refractivity contribution in [1.82, 2.24) is 20.0 Å². The summed E-state index contributed by atoms with van der Waals surface area (Å²) in [6.07, 6.45) is 2.27. The lowest BCUT2D eigenvalue weighted by atomic mass is 9.76. The summed E-state index contributed by atoms with van der Waals surface area (Å²) in [7, 11) is 0. The van der Waals surface area contributed by atoms with E-state index < -0.39 is 35.4 Å². The van der Waals surface area contributed by atoms with Crippen molar-refractivity contribution in [2.75, 3.05) is 39.4 Å². The second-order valence-electron chi connectivity index (χ2n) is 13.9. The summed E-state index contributed by atoms with van der Waals surface area (Å²) in [5.74, 6) is -2.62. The Labute approximate surface area is 255 Å². The topological polar surface area (TPSA) is 108 Å². The molecule has 1 saturated carbocycles. The molecule has 10 nitrogen and oxygen atoms in total. The highest BCUT2D eigenvalue weighted by Crippen LogP contribution is 2.44. The second-order valence-corrected chi connectivity index (χ2v) is 13.9. The average Bonchev–Trinajstić information content (AvgIpc) is 3.27. The van der Waals surface area contributed by atoms with Gasteiger partial charge in [-0.25, -0.2) is 8.78 Å². The molecule has 0 radical (unpaired) electrons. The zero-order valence-corrected chi connectivity index (χ0v) is 25.1. The van der Waals surface area contributed by atoms with Gasteiger partial charge in [0.2, 0.25) is 17.7 Å². The molecule has 1 aromatic carbocycles. The van der Waals surface area contributed by atoms with Crippen LogP contribution >= 0.6 is 0 Å². The predicted octanol–water partition coefficient (Wildman–Crippen LogP) is 2.59. The van der Waals surface area contributed by atoms with Gasteiger partial charge in [-0.15, -0.1) is 0 Å². The van der Waals surface area contributed by atoms with Gasteiger partial charge in [-0.3, -0.25) is 29.4 Å². The predicted molar refractivity (Wildman–Crippen MR) is 153 cm³/mol. The molecule has 0 bridgehead atoms. The fourth-order valence-corrected chi connectivity index (χ4v) is 8.10. The van der Waals surface area contributed by atoms with Crippen molar-refractivity contribution in [2.45, 2.75) is 82.5 Å². The summed E-state index contributed by atoms with van der Waals surface area (Å²) in [6.45, 7) is 5.74. The fraction of sp³-hybridized carbons (Fsp3) is 0.688. The number of carbonyl (C=O) groups is 4. The number of halogens is 2. The number of carbonyl (C=O) groups excluding carboxylic acids is 4. The van der Waals surface area contributed by atoms with Gasteiger partial charge in [0, 0.05) is 51.1 Å². The van der Waals surface area contributed by atoms with Gasteiger partial charge in [-0.05, 0) is 74.6 Å². The molecule has 1 aromatic rings. The van der Waals surface area contributed by atoms with Gasteiger partial charge in [-0.2, -0.15) is 0 Å². The monoisotopic (exact) mass is 614 g/mol. The first kappa shape index (κ1) is 29.6. The molecular weight excluding hydrogens is 574 g/mol. The third-order valence-corrected chi connectivity index (χ3v) is 10.7. The van der Waals surface area contributed by atoms with E-state index in [9.17, 15) is 19.2 Å². The van der Waals surface area contributed by atoms with Gasteiger partial charge in [0.25, 0.3) is 11.8 Å². The molecule has 238 valence electrons. The molecule has 12 heteroatoms. The summed E-state index contributed by atoms with van der Waals surface area (Å²) in [4.78, 5) is 55.2. The number of hydrogen-bond donors (Lipinski definition) is 1. The van der Waals surface area contributed by atoms with Gasteiger partial charge in [-0.1, -0.05) is 0 Å². The lowest BCUT2D eigenvalue weighted by Crippen LogP contribution is -2.66. The summed E-state index contributed by atoms with van der Waals surface area (Å²) in [5.41, 5.74) is 0.744. The zero-order chi connectivity index (χ0) is 30.8. The largest absolute Gasteiger partial charge is 0.489 e. The first-order chi connectivity index (χ1) is 21.0. The van der Waals surface area contributed by atoms with Crippen LogP contribution in [-0.4, -0.2) is 102 Å². The van der Waals surface area contributed by atoms with Gasteiger partial charge >= 0.3 is 0 Å². The quantitative estimate of drug-likeness (QED) is 0.491. The van der Waals surface area contributed by atoms with E-state index >= 15 is 8.78 Å². The number of likely N-dealkylation sites (tertiary alicyclic amines) is 2. The number of ether oxygens (including phenoxy) is 2. The van der Waals surface area contributed by atoms with Crippen LogP contribution in [0.15, 0.2) is 18.2 Å². The van der Waals surface area contributed by atoms with E-state index in [1.807, 2.05) is 16.7 Å². The maximum atomic E-state index is 15.5. The second kappa shape index (κ2) is 11.0. The van der Waals surface area contributed by atoms with Crippen LogP contribution in [0.4, 0.5) is 8.78 Å². The number of benzene rings is 1. The molecule has 44 heavy (non-hydrogen) atoms. The minimum Gasteiger partial charge on any atom is -0.489 e. The van der Waals surface area contributed by atoms with Crippen LogP contribution in [0.3, 0.4) is 0 Å². The van der Waals surface area contributed by atoms with Gasteiger partial charge in [0.15, 0.2) is 0 Å². The summed E-state index contributed by atoms with van der Waals surface area (Å²) >= 11 is 0. The molecule has 1 N–H and O–H groups in total. The van der Waals surface area contributed by atoms with Crippen molar-refractivity contribution in [3.05, 3.63) is 29.3 Å². The molecule has 5 heterocycles. The summed E-state index contributed by atoms with van der Waals surface area (Å²) in [6, 6.07) is 3.28. The van der Waals surface area contributed by atoms with E-state index in [-0.39, 0.29) is 43.5 Å². The lowest BCUT2D eigenvalue weighted by Gasteiger charge is -2.53. The molecule has 5 fully saturated rings. The average molecular weight is 615 g/mol. The van der Waals surface area contributed by atoms with Gasteiger partial charge < -0.3 is 19.3 Å². The molecule has 1 unspecified atom stereocenters. The van der Waals surface area contributed by atoms with Crippen LogP contribution in [0.1, 0.15) is 67.8 Å². The number of fused-ring (bicyclic) bond motifs is 1. The van der Waals surface area contributed by atoms with E-state index in [4.69, 9.17) is 9.47 Å². The van der Waals surface area contributed by atoms with Crippen LogP contribution in [0.5, 0.6) is 5.75 Å². The first-order valence-corrected chi connectivity index (χ1v) is 16.0. The summed E-state index contributed by atoms with van der Waals surface area (Å²) in [5, 5.41) is 2.30. The van der Waals surface area contributed by atoms with Gasteiger partial charge in [0.05, 0.1) is 18.6 Å². The molecule has 1 aliphatic carbocycles. The normalized spacial score (nSPS) is 30.8. The van der Waals surface area contributed by atoms with E-state index in [0.29, 0.717) is 80.9 Å². The van der Waals surface area contributed by atoms with E-state index in [2.05, 4.69) is 5.32 Å². The van der Waals surface area contributed by atoms with E-state index in [1.165, 1.54) is 4.90 Å². The Balaban J connectivity index is 0.974. The number of rotatable bonds is 6. The minimum atomic E-state index is -2.88. The molecular formula is C32H40F2N4O6. The van der Waals surface area contributed by atoms with Crippen molar-refractivity contribution >= 4 is 23.6 Å². The molecule has 6 aliphatic rings. The number of amides is 4. The van der Waals surface area contributed by atoms with Crippen molar-refractivity contribution in [1.29, 1.82) is 0 Å². The van der Waals surface area contributed by atoms with Crippen molar-refractivity contribution in [3.63, 3.8) is 0 Å². The molecule has 3 atom stereocenters. The fourth-order valence-electron chi connectivity index (χ4n) is 8.10. The van der Waals surface area contributed by atoms with Crippen LogP contribution in [0, 0.1) is 17.3 Å². The number of imide groups is 1. The zero-order valence-electron chi connectivity index (χ0n) is 25.1. The van der Waals surface area contributed by atoms with Crippen molar-refractivity contribution in [2.24, 2.45) is 17.3 Å². The third-order valence-electron chi connectivity index (χ3n) is 10.7. The molecule has 0 aromatic heterocycles. The van der Waals surface area contributed by atoms with Crippen molar-refractivity contribution < 1.29 is 37.4 Å². The Morgan fingerprint density at radius 1 is 1.05 bits per heavy atom. The Morgan fingerprint density at radius 3 is 2.48 bits per heavy atom. The molecule has 5 aliphatic heterocycles. The SMILES string of the molecule is CC1(C(=O)N2CCC(C3CN([C@@H]4[C@H](Oc5ccc6c(c5)CN(C5CCC(=O)NC5=O)C6=O)CCCC4(F)F)C3)CC2)COC1. The van der Waals surface area contributed by atoms with Crippen LogP contribution in [0.2, 0.25) is 0 Å². The minimum absolute atomic E-state index is 0.165. The highest BCUT2D eigenvalue weighted by atomic mass is 19.3. The Morgan fingerprint density at radius 2 is 1.80 bits per heavy atom. The number of nitrogens with zero attached hydrogens (tertiary/aromatic N) is 3. The number of alkyl halides is 2. The highest BCUT2D eigenvalue weighted by molar-refractivity contribution is 6.05. The molecule has 4 saturated heterocycles. The molecule has 0 spiro atoms. The number of piperidine rings is 2. The maximum absolute atomic E-state index is 15.5. The lowest BCUT2D eigenvalue weighted by molar-refractivity contribution is -0.176. The third kappa shape index (κ3) is 5.17. The Kier molecular flexibility index (Phi) is 7.43. The molecule has 7 rings (SSSR count). The smallest absolute Gasteiger partial charge is 0.266 e. The van der Waals surface area contributed by atoms with Crippen LogP contribution < -0.4 is 10.1 Å². The van der Waals surface area contributed by atoms with E-state index in [0.717, 1.165) is 12.8 Å². The summed E-state index contributed by atoms with van der Waals surface area (Å²) < 4.78 is 42.5. The van der Waals surface area contributed by atoms with Crippen molar-refractivity contribution in [3.8, 4) is 5.75 Å².